The van der Waals surface area contributed by atoms with Crippen LogP contribution in [0.2, 0.25) is 0 Å². The van der Waals surface area contributed by atoms with E-state index in [0.717, 1.165) is 11.5 Å². The first kappa shape index (κ1) is 12.6. The summed E-state index contributed by atoms with van der Waals surface area (Å²) in [4.78, 5) is 0. The predicted molar refractivity (Wildman–Crippen MR) is 65.9 cm³/mol. The SMILES string of the molecule is CC[P+](C)(CS(=O)(=O)O)c1ccccc1. The molecule has 0 spiro atoms. The van der Waals surface area contributed by atoms with Crippen LogP contribution in [0.5, 0.6) is 0 Å². The summed E-state index contributed by atoms with van der Waals surface area (Å²) in [5, 5.41) is 1.05. The Morgan fingerprint density at radius 3 is 2.20 bits per heavy atom. The van der Waals surface area contributed by atoms with Gasteiger partial charge in [-0.05, 0) is 19.1 Å². The molecule has 0 saturated carbocycles. The van der Waals surface area contributed by atoms with Crippen LogP contribution in [0, 0.1) is 0 Å². The molecule has 0 aliphatic carbocycles. The van der Waals surface area contributed by atoms with Gasteiger partial charge in [-0.25, -0.2) is 0 Å². The zero-order chi connectivity index (χ0) is 11.5. The number of benzene rings is 1. The molecule has 1 aromatic carbocycles. The largest absolute Gasteiger partial charge is 0.300 e. The normalized spacial score (nSPS) is 15.9. The van der Waals surface area contributed by atoms with Crippen molar-refractivity contribution in [3.8, 4) is 0 Å². The third-order valence-corrected chi connectivity index (χ3v) is 9.05. The molecular formula is C10H16O3PS+. The molecule has 1 N–H and O–H groups in total. The lowest BCUT2D eigenvalue weighted by atomic mass is 10.4. The highest BCUT2D eigenvalue weighted by Crippen LogP contribution is 2.54. The van der Waals surface area contributed by atoms with Crippen LogP contribution in [-0.4, -0.2) is 31.3 Å². The number of hydrogen-bond donors (Lipinski definition) is 1. The lowest BCUT2D eigenvalue weighted by Crippen LogP contribution is -2.20. The molecule has 0 fully saturated rings. The van der Waals surface area contributed by atoms with Crippen LogP contribution in [0.4, 0.5) is 0 Å². The van der Waals surface area contributed by atoms with Gasteiger partial charge in [0.05, 0.1) is 25.4 Å². The van der Waals surface area contributed by atoms with Gasteiger partial charge in [0.15, 0.2) is 5.49 Å². The summed E-state index contributed by atoms with van der Waals surface area (Å²) in [6.45, 7) is 3.92. The summed E-state index contributed by atoms with van der Waals surface area (Å²) in [5.41, 5.74) is -0.124. The Morgan fingerprint density at radius 1 is 1.27 bits per heavy atom. The van der Waals surface area contributed by atoms with Gasteiger partial charge >= 0.3 is 0 Å². The molecule has 0 radical (unpaired) electrons. The number of rotatable bonds is 4. The van der Waals surface area contributed by atoms with Gasteiger partial charge in [-0.1, -0.05) is 18.2 Å². The summed E-state index contributed by atoms with van der Waals surface area (Å²) < 4.78 is 30.9. The Labute approximate surface area is 91.6 Å². The maximum atomic E-state index is 11.0. The van der Waals surface area contributed by atoms with Gasteiger partial charge in [-0.15, -0.1) is 0 Å². The molecule has 0 aromatic heterocycles. The molecule has 1 aromatic rings. The van der Waals surface area contributed by atoms with Crippen molar-refractivity contribution in [2.75, 3.05) is 18.3 Å². The van der Waals surface area contributed by atoms with Crippen molar-refractivity contribution in [1.29, 1.82) is 0 Å². The standard InChI is InChI=1S/C10H15O3PS/c1-3-14(2,9-15(11,12)13)10-7-5-4-6-8-10/h4-8H,3,9H2,1-2H3/p+1. The Bertz CT molecular complexity index is 416. The molecule has 1 unspecified atom stereocenters. The summed E-state index contributed by atoms with van der Waals surface area (Å²) in [6, 6.07) is 9.56. The highest BCUT2D eigenvalue weighted by Gasteiger charge is 2.37. The minimum atomic E-state index is -3.89. The maximum Gasteiger partial charge on any atom is 0.300 e. The van der Waals surface area contributed by atoms with E-state index < -0.39 is 17.4 Å². The average Bonchev–Trinajstić information content (AvgIpc) is 2.16. The molecular weight excluding hydrogens is 231 g/mol. The third-order valence-electron chi connectivity index (χ3n) is 2.53. The summed E-state index contributed by atoms with van der Waals surface area (Å²) in [5.74, 6) is 0. The van der Waals surface area contributed by atoms with Crippen LogP contribution >= 0.6 is 7.26 Å². The predicted octanol–water partition coefficient (Wildman–Crippen LogP) is 1.82. The van der Waals surface area contributed by atoms with E-state index in [0.29, 0.717) is 0 Å². The summed E-state index contributed by atoms with van der Waals surface area (Å²) >= 11 is 0. The van der Waals surface area contributed by atoms with E-state index in [1.54, 1.807) is 0 Å². The smallest absolute Gasteiger partial charge is 0.283 e. The van der Waals surface area contributed by atoms with Crippen LogP contribution in [0.15, 0.2) is 30.3 Å². The van der Waals surface area contributed by atoms with Crippen LogP contribution in [0.1, 0.15) is 6.92 Å². The number of hydrogen-bond acceptors (Lipinski definition) is 2. The zero-order valence-corrected chi connectivity index (χ0v) is 10.6. The van der Waals surface area contributed by atoms with E-state index in [9.17, 15) is 8.42 Å². The van der Waals surface area contributed by atoms with Crippen LogP contribution in [-0.2, 0) is 10.1 Å². The van der Waals surface area contributed by atoms with Crippen molar-refractivity contribution in [3.05, 3.63) is 30.3 Å². The Morgan fingerprint density at radius 2 is 1.80 bits per heavy atom. The first-order chi connectivity index (χ1) is 6.87. The second-order valence-corrected chi connectivity index (χ2v) is 9.90. The van der Waals surface area contributed by atoms with Gasteiger partial charge in [0, 0.05) is 0 Å². The van der Waals surface area contributed by atoms with Gasteiger partial charge in [0.2, 0.25) is 0 Å². The van der Waals surface area contributed by atoms with Gasteiger partial charge in [-0.2, -0.15) is 8.42 Å². The van der Waals surface area contributed by atoms with Gasteiger partial charge in [0.1, 0.15) is 0 Å². The van der Waals surface area contributed by atoms with E-state index in [1.807, 2.05) is 43.9 Å². The van der Waals surface area contributed by atoms with Crippen LogP contribution in [0.25, 0.3) is 0 Å². The highest BCUT2D eigenvalue weighted by molar-refractivity contribution is 8.00. The average molecular weight is 247 g/mol. The molecule has 84 valence electrons. The molecule has 5 heteroatoms. The molecule has 0 aliphatic rings. The monoisotopic (exact) mass is 247 g/mol. The molecule has 1 atom stereocenters. The molecule has 0 saturated heterocycles. The second-order valence-electron chi connectivity index (χ2n) is 3.76. The van der Waals surface area contributed by atoms with E-state index in [1.165, 1.54) is 0 Å². The van der Waals surface area contributed by atoms with Gasteiger partial charge in [0.25, 0.3) is 10.1 Å². The first-order valence-corrected chi connectivity index (χ1v) is 8.94. The van der Waals surface area contributed by atoms with E-state index >= 15 is 0 Å². The Kier molecular flexibility index (Phi) is 3.87. The third kappa shape index (κ3) is 3.56. The zero-order valence-electron chi connectivity index (χ0n) is 8.92. The summed E-state index contributed by atoms with van der Waals surface area (Å²) in [7, 11) is -5.65. The molecule has 0 aliphatic heterocycles. The second kappa shape index (κ2) is 4.60. The van der Waals surface area contributed by atoms with Crippen LogP contribution < -0.4 is 5.30 Å². The van der Waals surface area contributed by atoms with Gasteiger partial charge in [-0.3, -0.25) is 4.55 Å². The molecule has 0 heterocycles. The van der Waals surface area contributed by atoms with Crippen molar-refractivity contribution in [2.45, 2.75) is 6.92 Å². The maximum absolute atomic E-state index is 11.0. The van der Waals surface area contributed by atoms with E-state index in [4.69, 9.17) is 4.55 Å². The lowest BCUT2D eigenvalue weighted by Gasteiger charge is -2.19. The summed E-state index contributed by atoms with van der Waals surface area (Å²) in [6.07, 6.45) is 0.775. The van der Waals surface area contributed by atoms with Crippen molar-refractivity contribution in [2.24, 2.45) is 0 Å². The molecule has 3 nitrogen and oxygen atoms in total. The lowest BCUT2D eigenvalue weighted by molar-refractivity contribution is 0.488. The fourth-order valence-corrected chi connectivity index (χ4v) is 6.96. The fourth-order valence-electron chi connectivity index (χ4n) is 1.50. The highest BCUT2D eigenvalue weighted by atomic mass is 32.2. The van der Waals surface area contributed by atoms with Crippen molar-refractivity contribution >= 4 is 22.7 Å². The Balaban J connectivity index is 3.06. The molecule has 0 amide bonds. The van der Waals surface area contributed by atoms with Crippen molar-refractivity contribution in [3.63, 3.8) is 0 Å². The van der Waals surface area contributed by atoms with Crippen molar-refractivity contribution < 1.29 is 13.0 Å². The fraction of sp³-hybridized carbons (Fsp3) is 0.400. The minimum absolute atomic E-state index is 0.124. The first-order valence-electron chi connectivity index (χ1n) is 4.73. The minimum Gasteiger partial charge on any atom is -0.283 e. The topological polar surface area (TPSA) is 54.4 Å². The molecule has 1 rings (SSSR count). The Hall–Kier alpha value is -0.440. The quantitative estimate of drug-likeness (QED) is 0.652. The van der Waals surface area contributed by atoms with Crippen LogP contribution in [0.3, 0.4) is 0 Å². The van der Waals surface area contributed by atoms with Gasteiger partial charge < -0.3 is 0 Å². The molecule has 15 heavy (non-hydrogen) atoms. The van der Waals surface area contributed by atoms with E-state index in [-0.39, 0.29) is 5.49 Å². The van der Waals surface area contributed by atoms with Crippen molar-refractivity contribution in [1.82, 2.24) is 0 Å². The molecule has 0 bridgehead atoms. The van der Waals surface area contributed by atoms with E-state index in [2.05, 4.69) is 0 Å².